The molecule has 11 heteroatoms. The number of aliphatic imine (C=N–C) groups is 1. The number of hydrogen-bond donors (Lipinski definition) is 4. The Balaban J connectivity index is 1.40. The fraction of sp³-hybridized carbons (Fsp3) is 0.241. The maximum Gasteiger partial charge on any atom is 0.257 e. The van der Waals surface area contributed by atoms with Crippen molar-refractivity contribution < 1.29 is 20.1 Å². The summed E-state index contributed by atoms with van der Waals surface area (Å²) in [5.74, 6) is -0.473. The van der Waals surface area contributed by atoms with Crippen molar-refractivity contribution in [3.05, 3.63) is 78.1 Å². The Morgan fingerprint density at radius 2 is 1.62 bits per heavy atom. The minimum Gasteiger partial charge on any atom is -0.505 e. The van der Waals surface area contributed by atoms with E-state index in [1.165, 1.54) is 11.6 Å². The van der Waals surface area contributed by atoms with E-state index in [0.717, 1.165) is 5.56 Å². The molecule has 0 radical (unpaired) electrons. The van der Waals surface area contributed by atoms with Gasteiger partial charge in [0.1, 0.15) is 5.69 Å². The van der Waals surface area contributed by atoms with E-state index in [1.54, 1.807) is 41.6 Å². The number of nitrogens with zero attached hydrogens (tertiary/aromatic N) is 6. The van der Waals surface area contributed by atoms with Crippen LogP contribution in [0.25, 0.3) is 0 Å². The zero-order valence-corrected chi connectivity index (χ0v) is 22.3. The Bertz CT molecular complexity index is 1530. The number of carbonyl (C=O) groups excluding carboxylic acids is 1. The molecule has 0 saturated carbocycles. The molecule has 1 aliphatic rings. The molecule has 5 rings (SSSR count). The monoisotopic (exact) mass is 541 g/mol. The minimum atomic E-state index is -0.314. The molecule has 4 N–H and O–H groups in total. The van der Waals surface area contributed by atoms with Gasteiger partial charge in [-0.2, -0.15) is 0 Å². The number of para-hydroxylation sites is 1. The van der Waals surface area contributed by atoms with Crippen LogP contribution in [0.4, 0.5) is 23.0 Å². The molecule has 0 atom stereocenters. The van der Waals surface area contributed by atoms with Crippen molar-refractivity contribution in [3.8, 4) is 17.5 Å². The number of hydrogen-bond acceptors (Lipinski definition) is 9. The number of carbonyl (C=O) groups is 1. The lowest BCUT2D eigenvalue weighted by molar-refractivity contribution is 0.0743. The first-order valence-electron chi connectivity index (χ1n) is 13.0. The largest absolute Gasteiger partial charge is 0.505 e. The summed E-state index contributed by atoms with van der Waals surface area (Å²) in [6.07, 6.45) is 3.95. The van der Waals surface area contributed by atoms with Crippen LogP contribution in [0.5, 0.6) is 17.5 Å². The normalized spacial score (nSPS) is 13.9. The second-order valence-corrected chi connectivity index (χ2v) is 9.36. The van der Waals surface area contributed by atoms with Gasteiger partial charge in [-0.3, -0.25) is 9.36 Å². The molecule has 206 valence electrons. The predicted molar refractivity (Wildman–Crippen MR) is 153 cm³/mol. The lowest BCUT2D eigenvalue weighted by Gasteiger charge is -2.34. The third kappa shape index (κ3) is 5.13. The van der Waals surface area contributed by atoms with Crippen LogP contribution >= 0.6 is 0 Å². The van der Waals surface area contributed by atoms with Crippen LogP contribution in [0.1, 0.15) is 29.3 Å². The molecule has 2 aromatic carbocycles. The van der Waals surface area contributed by atoms with E-state index in [4.69, 9.17) is 0 Å². The lowest BCUT2D eigenvalue weighted by Crippen LogP contribution is -2.49. The van der Waals surface area contributed by atoms with Gasteiger partial charge in [0.2, 0.25) is 17.7 Å². The molecule has 0 spiro atoms. The number of phenols is 1. The second-order valence-electron chi connectivity index (χ2n) is 9.36. The highest BCUT2D eigenvalue weighted by Crippen LogP contribution is 2.47. The van der Waals surface area contributed by atoms with Crippen LogP contribution in [0, 0.1) is 0 Å². The van der Waals surface area contributed by atoms with Crippen molar-refractivity contribution >= 4 is 34.6 Å². The number of benzene rings is 2. The number of nitrogens with one attached hydrogen (secondary N) is 1. The first kappa shape index (κ1) is 26.5. The van der Waals surface area contributed by atoms with Crippen LogP contribution in [0.15, 0.2) is 72.0 Å². The molecule has 40 heavy (non-hydrogen) atoms. The van der Waals surface area contributed by atoms with Crippen molar-refractivity contribution in [3.63, 3.8) is 0 Å². The zero-order valence-electron chi connectivity index (χ0n) is 22.3. The Labute approximate surface area is 231 Å². The molecule has 1 aliphatic heterocycles. The number of phenolic OH excluding ortho intramolecular Hbond substituents is 1. The van der Waals surface area contributed by atoms with Crippen molar-refractivity contribution in [1.82, 2.24) is 19.4 Å². The number of piperazine rings is 1. The van der Waals surface area contributed by atoms with Crippen LogP contribution in [-0.2, 0) is 7.05 Å². The highest BCUT2D eigenvalue weighted by molar-refractivity contribution is 6.04. The lowest BCUT2D eigenvalue weighted by atomic mass is 10.1. The third-order valence-corrected chi connectivity index (χ3v) is 6.92. The van der Waals surface area contributed by atoms with Gasteiger partial charge in [0.25, 0.3) is 5.91 Å². The Kier molecular flexibility index (Phi) is 7.54. The highest BCUT2D eigenvalue weighted by Gasteiger charge is 2.27. The fourth-order valence-electron chi connectivity index (χ4n) is 4.66. The van der Waals surface area contributed by atoms with Gasteiger partial charge in [-0.1, -0.05) is 43.3 Å². The standard InChI is InChI=1S/C29H31N7O4/c1-3-21(19-9-5-4-6-10-19)32-23-24(28(40)34(2)27(23)39)33-22-12-7-11-20(25(22)37)26(38)35-15-17-36(18-16-35)29-30-13-8-14-31-29/h4-14,33,37,39-40H,3,15-18H2,1-2H3. The van der Waals surface area contributed by atoms with Gasteiger partial charge < -0.3 is 30.4 Å². The van der Waals surface area contributed by atoms with E-state index in [-0.39, 0.29) is 46.0 Å². The van der Waals surface area contributed by atoms with E-state index in [9.17, 15) is 20.1 Å². The van der Waals surface area contributed by atoms with Gasteiger partial charge in [0.15, 0.2) is 11.4 Å². The predicted octanol–water partition coefficient (Wildman–Crippen LogP) is 4.17. The van der Waals surface area contributed by atoms with Crippen molar-refractivity contribution in [1.29, 1.82) is 0 Å². The summed E-state index contributed by atoms with van der Waals surface area (Å²) in [5.41, 5.74) is 2.13. The quantitative estimate of drug-likeness (QED) is 0.202. The molecule has 11 nitrogen and oxygen atoms in total. The number of anilines is 3. The van der Waals surface area contributed by atoms with Gasteiger partial charge in [-0.25, -0.2) is 15.0 Å². The first-order chi connectivity index (χ1) is 19.4. The molecule has 0 unspecified atom stereocenters. The number of rotatable bonds is 7. The number of aromatic nitrogens is 3. The van der Waals surface area contributed by atoms with Gasteiger partial charge in [-0.15, -0.1) is 0 Å². The summed E-state index contributed by atoms with van der Waals surface area (Å²) in [6, 6.07) is 16.1. The van der Waals surface area contributed by atoms with Crippen LogP contribution in [0.3, 0.4) is 0 Å². The second kappa shape index (κ2) is 11.4. The summed E-state index contributed by atoms with van der Waals surface area (Å²) in [4.78, 5) is 30.3. The topological polar surface area (TPSA) is 139 Å². The van der Waals surface area contributed by atoms with Crippen molar-refractivity contribution in [2.75, 3.05) is 36.4 Å². The van der Waals surface area contributed by atoms with E-state index in [1.807, 2.05) is 42.2 Å². The molecule has 0 bridgehead atoms. The average molecular weight is 542 g/mol. The maximum absolute atomic E-state index is 13.4. The van der Waals surface area contributed by atoms with Gasteiger partial charge in [-0.05, 0) is 30.2 Å². The Morgan fingerprint density at radius 1 is 0.925 bits per heavy atom. The summed E-state index contributed by atoms with van der Waals surface area (Å²) >= 11 is 0. The number of aromatic hydroxyl groups is 3. The molecular weight excluding hydrogens is 510 g/mol. The molecule has 1 amide bonds. The molecule has 1 saturated heterocycles. The van der Waals surface area contributed by atoms with Gasteiger partial charge in [0.05, 0.1) is 11.3 Å². The van der Waals surface area contributed by atoms with Crippen LogP contribution < -0.4 is 10.2 Å². The Morgan fingerprint density at radius 3 is 2.30 bits per heavy atom. The summed E-state index contributed by atoms with van der Waals surface area (Å²) in [7, 11) is 1.50. The maximum atomic E-state index is 13.4. The Hall–Kier alpha value is -5.06. The van der Waals surface area contributed by atoms with Crippen molar-refractivity contribution in [2.45, 2.75) is 13.3 Å². The summed E-state index contributed by atoms with van der Waals surface area (Å²) in [5, 5.41) is 35.7. The first-order valence-corrected chi connectivity index (χ1v) is 13.0. The smallest absolute Gasteiger partial charge is 0.257 e. The van der Waals surface area contributed by atoms with E-state index in [2.05, 4.69) is 20.3 Å². The fourth-order valence-corrected chi connectivity index (χ4v) is 4.66. The van der Waals surface area contributed by atoms with E-state index < -0.39 is 0 Å². The molecular formula is C29H31N7O4. The number of amides is 1. The van der Waals surface area contributed by atoms with Gasteiger partial charge in [0, 0.05) is 51.3 Å². The highest BCUT2D eigenvalue weighted by atomic mass is 16.3. The van der Waals surface area contributed by atoms with Crippen LogP contribution in [-0.4, -0.2) is 72.6 Å². The zero-order chi connectivity index (χ0) is 28.2. The third-order valence-electron chi connectivity index (χ3n) is 6.92. The van der Waals surface area contributed by atoms with E-state index >= 15 is 0 Å². The van der Waals surface area contributed by atoms with Crippen molar-refractivity contribution in [2.24, 2.45) is 12.0 Å². The average Bonchev–Trinajstić information content (AvgIpc) is 3.20. The SMILES string of the molecule is CCC(=Nc1c(Nc2cccc(C(=O)N3CCN(c4ncccn4)CC3)c2O)c(O)n(C)c1O)c1ccccc1. The minimum absolute atomic E-state index is 0.109. The summed E-state index contributed by atoms with van der Waals surface area (Å²) in [6.45, 7) is 3.97. The molecule has 0 aliphatic carbocycles. The molecule has 2 aromatic heterocycles. The summed E-state index contributed by atoms with van der Waals surface area (Å²) < 4.78 is 1.20. The van der Waals surface area contributed by atoms with E-state index in [0.29, 0.717) is 44.3 Å². The molecule has 3 heterocycles. The molecule has 1 fully saturated rings. The van der Waals surface area contributed by atoms with Crippen LogP contribution in [0.2, 0.25) is 0 Å². The van der Waals surface area contributed by atoms with Gasteiger partial charge >= 0.3 is 0 Å². The molecule has 4 aromatic rings.